The normalized spacial score (nSPS) is 11.2. The van der Waals surface area contributed by atoms with Crippen LogP contribution >= 0.6 is 0 Å². The van der Waals surface area contributed by atoms with E-state index in [1.54, 1.807) is 11.1 Å². The molecule has 0 saturated carbocycles. The van der Waals surface area contributed by atoms with E-state index in [2.05, 4.69) is 5.32 Å². The van der Waals surface area contributed by atoms with Gasteiger partial charge in [0.05, 0.1) is 6.61 Å². The maximum absolute atomic E-state index is 13.3. The molecule has 2 rings (SSSR count). The summed E-state index contributed by atoms with van der Waals surface area (Å²) >= 11 is 0. The third-order valence-electron chi connectivity index (χ3n) is 3.16. The van der Waals surface area contributed by atoms with Gasteiger partial charge in [-0.1, -0.05) is 12.1 Å². The topological polar surface area (TPSA) is 71.2 Å². The van der Waals surface area contributed by atoms with Gasteiger partial charge < -0.3 is 15.0 Å². The van der Waals surface area contributed by atoms with E-state index >= 15 is 0 Å². The van der Waals surface area contributed by atoms with E-state index in [0.717, 1.165) is 6.07 Å². The fourth-order valence-corrected chi connectivity index (χ4v) is 1.93. The predicted molar refractivity (Wildman–Crippen MR) is 80.9 cm³/mol. The Balaban J connectivity index is 1.83. The van der Waals surface area contributed by atoms with Crippen LogP contribution in [0.5, 0.6) is 5.75 Å². The van der Waals surface area contributed by atoms with Crippen LogP contribution in [0.2, 0.25) is 0 Å². The summed E-state index contributed by atoms with van der Waals surface area (Å²) in [5, 5.41) is 2.38. The standard InChI is InChI=1S/C16H14F4N2O3/c17-11-4-1-2-5-12(11)25-9-3-8-21-14(23)10-6-7-13(16(18,19)20)22-15(10)24/h1-2,4-7H,3,8-9H2,(H,21,23)(H,22,24). The smallest absolute Gasteiger partial charge is 0.431 e. The summed E-state index contributed by atoms with van der Waals surface area (Å²) < 4.78 is 55.8. The van der Waals surface area contributed by atoms with E-state index in [4.69, 9.17) is 4.74 Å². The van der Waals surface area contributed by atoms with Gasteiger partial charge in [0.15, 0.2) is 11.6 Å². The molecule has 5 nitrogen and oxygen atoms in total. The molecule has 1 aromatic carbocycles. The Kier molecular flexibility index (Phi) is 5.79. The minimum Gasteiger partial charge on any atom is -0.490 e. The van der Waals surface area contributed by atoms with Crippen LogP contribution in [0.4, 0.5) is 17.6 Å². The van der Waals surface area contributed by atoms with E-state index in [1.165, 1.54) is 18.2 Å². The fraction of sp³-hybridized carbons (Fsp3) is 0.250. The van der Waals surface area contributed by atoms with E-state index in [9.17, 15) is 27.2 Å². The fourth-order valence-electron chi connectivity index (χ4n) is 1.93. The molecule has 0 radical (unpaired) electrons. The lowest BCUT2D eigenvalue weighted by atomic mass is 10.2. The van der Waals surface area contributed by atoms with Crippen molar-refractivity contribution < 1.29 is 27.1 Å². The molecule has 1 heterocycles. The monoisotopic (exact) mass is 358 g/mol. The quantitative estimate of drug-likeness (QED) is 0.616. The summed E-state index contributed by atoms with van der Waals surface area (Å²) in [5.41, 5.74) is -2.79. The van der Waals surface area contributed by atoms with Gasteiger partial charge in [-0.25, -0.2) is 4.39 Å². The molecule has 0 saturated heterocycles. The van der Waals surface area contributed by atoms with Crippen molar-refractivity contribution in [2.45, 2.75) is 12.6 Å². The highest BCUT2D eigenvalue weighted by molar-refractivity contribution is 5.93. The summed E-state index contributed by atoms with van der Waals surface area (Å²) in [4.78, 5) is 25.0. The van der Waals surface area contributed by atoms with Crippen molar-refractivity contribution in [2.24, 2.45) is 0 Å². The zero-order valence-corrected chi connectivity index (χ0v) is 12.8. The first-order chi connectivity index (χ1) is 11.8. The molecule has 0 aliphatic carbocycles. The van der Waals surface area contributed by atoms with Crippen molar-refractivity contribution in [3.05, 3.63) is 63.8 Å². The molecule has 25 heavy (non-hydrogen) atoms. The van der Waals surface area contributed by atoms with E-state index < -0.39 is 34.7 Å². The van der Waals surface area contributed by atoms with Crippen LogP contribution < -0.4 is 15.6 Å². The maximum atomic E-state index is 13.3. The van der Waals surface area contributed by atoms with E-state index in [0.29, 0.717) is 12.5 Å². The number of hydrogen-bond acceptors (Lipinski definition) is 3. The number of para-hydroxylation sites is 1. The van der Waals surface area contributed by atoms with Crippen molar-refractivity contribution in [2.75, 3.05) is 13.2 Å². The number of alkyl halides is 3. The molecule has 2 N–H and O–H groups in total. The highest BCUT2D eigenvalue weighted by Gasteiger charge is 2.32. The number of carbonyl (C=O) groups excluding carboxylic acids is 1. The minimum atomic E-state index is -4.70. The summed E-state index contributed by atoms with van der Waals surface area (Å²) in [5.74, 6) is -1.24. The lowest BCUT2D eigenvalue weighted by Gasteiger charge is -2.09. The molecule has 0 atom stereocenters. The van der Waals surface area contributed by atoms with Gasteiger partial charge in [-0.05, 0) is 30.7 Å². The summed E-state index contributed by atoms with van der Waals surface area (Å²) in [6.45, 7) is 0.221. The third kappa shape index (κ3) is 5.07. The molecular formula is C16H14F4N2O3. The SMILES string of the molecule is O=C(NCCCOc1ccccc1F)c1ccc(C(F)(F)F)[nH]c1=O. The molecule has 9 heteroatoms. The van der Waals surface area contributed by atoms with Crippen molar-refractivity contribution in [3.8, 4) is 5.75 Å². The number of aromatic amines is 1. The molecule has 0 unspecified atom stereocenters. The Morgan fingerprint density at radius 3 is 2.52 bits per heavy atom. The lowest BCUT2D eigenvalue weighted by Crippen LogP contribution is -2.31. The Labute approximate surface area is 139 Å². The second kappa shape index (κ2) is 7.82. The minimum absolute atomic E-state index is 0.0769. The van der Waals surface area contributed by atoms with Gasteiger partial charge in [-0.2, -0.15) is 13.2 Å². The molecular weight excluding hydrogens is 344 g/mol. The van der Waals surface area contributed by atoms with Gasteiger partial charge in [0.1, 0.15) is 11.3 Å². The second-order valence-corrected chi connectivity index (χ2v) is 5.00. The third-order valence-corrected chi connectivity index (χ3v) is 3.16. The summed E-state index contributed by atoms with van der Waals surface area (Å²) in [6.07, 6.45) is -4.38. The molecule has 2 aromatic rings. The van der Waals surface area contributed by atoms with Crippen LogP contribution in [0.25, 0.3) is 0 Å². The average Bonchev–Trinajstić information content (AvgIpc) is 2.55. The van der Waals surface area contributed by atoms with Gasteiger partial charge in [0.2, 0.25) is 0 Å². The van der Waals surface area contributed by atoms with Crippen LogP contribution in [-0.2, 0) is 6.18 Å². The number of benzene rings is 1. The van der Waals surface area contributed by atoms with Crippen LogP contribution in [0.3, 0.4) is 0 Å². The van der Waals surface area contributed by atoms with Gasteiger partial charge in [-0.15, -0.1) is 0 Å². The number of nitrogens with one attached hydrogen (secondary N) is 2. The molecule has 0 aliphatic heterocycles. The zero-order chi connectivity index (χ0) is 18.4. The molecule has 134 valence electrons. The number of carbonyl (C=O) groups is 1. The maximum Gasteiger partial charge on any atom is 0.431 e. The number of amides is 1. The van der Waals surface area contributed by atoms with Crippen molar-refractivity contribution in [1.29, 1.82) is 0 Å². The van der Waals surface area contributed by atoms with Gasteiger partial charge in [0.25, 0.3) is 11.5 Å². The van der Waals surface area contributed by atoms with Crippen molar-refractivity contribution >= 4 is 5.91 Å². The average molecular weight is 358 g/mol. The number of pyridine rings is 1. The summed E-state index contributed by atoms with van der Waals surface area (Å²) in [6, 6.07) is 7.26. The Morgan fingerprint density at radius 1 is 1.16 bits per heavy atom. The largest absolute Gasteiger partial charge is 0.490 e. The van der Waals surface area contributed by atoms with Crippen molar-refractivity contribution in [1.82, 2.24) is 10.3 Å². The van der Waals surface area contributed by atoms with Crippen LogP contribution in [0, 0.1) is 5.82 Å². The predicted octanol–water partition coefficient (Wildman–Crippen LogP) is 2.73. The number of aromatic nitrogens is 1. The number of hydrogen-bond donors (Lipinski definition) is 2. The first kappa shape index (κ1) is 18.5. The van der Waals surface area contributed by atoms with Gasteiger partial charge in [-0.3, -0.25) is 9.59 Å². The van der Waals surface area contributed by atoms with Crippen LogP contribution in [0.15, 0.2) is 41.2 Å². The Morgan fingerprint density at radius 2 is 1.88 bits per heavy atom. The number of rotatable bonds is 6. The first-order valence-corrected chi connectivity index (χ1v) is 7.25. The number of ether oxygens (including phenoxy) is 1. The van der Waals surface area contributed by atoms with Crippen molar-refractivity contribution in [3.63, 3.8) is 0 Å². The van der Waals surface area contributed by atoms with Gasteiger partial charge in [0, 0.05) is 6.54 Å². The summed E-state index contributed by atoms with van der Waals surface area (Å²) in [7, 11) is 0. The Bertz CT molecular complexity index is 802. The number of halogens is 4. The van der Waals surface area contributed by atoms with E-state index in [1.807, 2.05) is 0 Å². The zero-order valence-electron chi connectivity index (χ0n) is 12.8. The molecule has 0 fully saturated rings. The molecule has 0 aliphatic rings. The van der Waals surface area contributed by atoms with Gasteiger partial charge >= 0.3 is 6.18 Å². The molecule has 1 amide bonds. The molecule has 0 bridgehead atoms. The molecule has 0 spiro atoms. The molecule has 1 aromatic heterocycles. The van der Waals surface area contributed by atoms with E-state index in [-0.39, 0.29) is 18.9 Å². The number of H-pyrrole nitrogens is 1. The first-order valence-electron chi connectivity index (χ1n) is 7.25. The lowest BCUT2D eigenvalue weighted by molar-refractivity contribution is -0.141. The van der Waals surface area contributed by atoms with Crippen LogP contribution in [0.1, 0.15) is 22.5 Å². The Hall–Kier alpha value is -2.84. The second-order valence-electron chi connectivity index (χ2n) is 5.00. The highest BCUT2D eigenvalue weighted by atomic mass is 19.4. The highest BCUT2D eigenvalue weighted by Crippen LogP contribution is 2.26. The van der Waals surface area contributed by atoms with Crippen LogP contribution in [-0.4, -0.2) is 24.0 Å².